The molecule has 9 heteroatoms. The lowest BCUT2D eigenvalue weighted by molar-refractivity contribution is 0.310. The minimum absolute atomic E-state index is 0.266. The fourth-order valence-electron chi connectivity index (χ4n) is 1.54. The number of rotatable bonds is 3. The molecule has 0 saturated carbocycles. The van der Waals surface area contributed by atoms with Gasteiger partial charge >= 0.3 is 0 Å². The fourth-order valence-corrected chi connectivity index (χ4v) is 3.11. The molecule has 1 rings (SSSR count). The largest absolute Gasteiger partial charge is 0.274 e. The Bertz CT molecular complexity index is 408. The normalized spacial score (nSPS) is 21.7. The molecule has 1 aliphatic rings. The lowest BCUT2D eigenvalue weighted by Crippen LogP contribution is -2.47. The second-order valence-corrected chi connectivity index (χ2v) is 6.91. The third kappa shape index (κ3) is 4.43. The quantitative estimate of drug-likeness (QED) is 0.621. The number of sulfonamides is 1. The van der Waals surface area contributed by atoms with Gasteiger partial charge in [0.25, 0.3) is 10.2 Å². The van der Waals surface area contributed by atoms with Crippen LogP contribution in [0.4, 0.5) is 0 Å². The number of nitrogens with zero attached hydrogens (tertiary/aromatic N) is 1. The number of nitrogens with two attached hydrogens (primary N) is 1. The van der Waals surface area contributed by atoms with Crippen molar-refractivity contribution in [3.63, 3.8) is 0 Å². The molecule has 0 aromatic heterocycles. The molecule has 0 atom stereocenters. The fraction of sp³-hybridized carbons (Fsp3) is 1.00. The molecule has 1 saturated heterocycles. The highest BCUT2D eigenvalue weighted by atomic mass is 32.2. The van der Waals surface area contributed by atoms with E-state index in [1.165, 1.54) is 4.31 Å². The van der Waals surface area contributed by atoms with Gasteiger partial charge in [-0.15, -0.1) is 0 Å². The third-order valence-corrected chi connectivity index (χ3v) is 4.22. The van der Waals surface area contributed by atoms with Crippen LogP contribution in [0.25, 0.3) is 0 Å². The Morgan fingerprint density at radius 2 is 1.67 bits per heavy atom. The molecule has 7 nitrogen and oxygen atoms in total. The molecule has 3 N–H and O–H groups in total. The Kier molecular flexibility index (Phi) is 3.71. The van der Waals surface area contributed by atoms with Crippen LogP contribution >= 0.6 is 0 Å². The molecule has 0 aromatic carbocycles. The van der Waals surface area contributed by atoms with Gasteiger partial charge in [0.1, 0.15) is 0 Å². The van der Waals surface area contributed by atoms with Crippen molar-refractivity contribution in [1.82, 2.24) is 9.03 Å². The predicted molar refractivity (Wildman–Crippen MR) is 55.7 cm³/mol. The first-order valence-electron chi connectivity index (χ1n) is 4.43. The van der Waals surface area contributed by atoms with E-state index in [-0.39, 0.29) is 6.04 Å². The number of hydrogen-bond acceptors (Lipinski definition) is 4. The average molecular weight is 257 g/mol. The van der Waals surface area contributed by atoms with E-state index in [0.29, 0.717) is 25.9 Å². The van der Waals surface area contributed by atoms with Gasteiger partial charge in [-0.05, 0) is 12.8 Å². The van der Waals surface area contributed by atoms with Crippen LogP contribution < -0.4 is 9.86 Å². The standard InChI is InChI=1S/C6H15N3O4S2/c1-14(10,11)9-4-2-6(3-5-9)8-15(7,12)13/h6,8H,2-5H2,1H3,(H2,7,12,13). The summed E-state index contributed by atoms with van der Waals surface area (Å²) in [6, 6.07) is -0.266. The summed E-state index contributed by atoms with van der Waals surface area (Å²) in [7, 11) is -6.86. The molecular weight excluding hydrogens is 242 g/mol. The Labute approximate surface area is 89.9 Å². The molecule has 1 aliphatic heterocycles. The second-order valence-electron chi connectivity index (χ2n) is 3.60. The van der Waals surface area contributed by atoms with Crippen LogP contribution in [0, 0.1) is 0 Å². The van der Waals surface area contributed by atoms with Gasteiger partial charge in [0, 0.05) is 19.1 Å². The van der Waals surface area contributed by atoms with Crippen LogP contribution in [0.3, 0.4) is 0 Å². The van der Waals surface area contributed by atoms with E-state index < -0.39 is 20.2 Å². The van der Waals surface area contributed by atoms with E-state index in [2.05, 4.69) is 4.72 Å². The van der Waals surface area contributed by atoms with Gasteiger partial charge in [-0.25, -0.2) is 17.9 Å². The van der Waals surface area contributed by atoms with Crippen LogP contribution in [-0.4, -0.2) is 46.5 Å². The van der Waals surface area contributed by atoms with Gasteiger partial charge in [-0.3, -0.25) is 0 Å². The van der Waals surface area contributed by atoms with E-state index in [1.54, 1.807) is 0 Å². The van der Waals surface area contributed by atoms with Crippen molar-refractivity contribution in [2.45, 2.75) is 18.9 Å². The zero-order chi connectivity index (χ0) is 11.7. The predicted octanol–water partition coefficient (Wildman–Crippen LogP) is -1.80. The van der Waals surface area contributed by atoms with E-state index in [4.69, 9.17) is 5.14 Å². The zero-order valence-corrected chi connectivity index (χ0v) is 10.0. The highest BCUT2D eigenvalue weighted by molar-refractivity contribution is 7.88. The Morgan fingerprint density at radius 3 is 2.00 bits per heavy atom. The van der Waals surface area contributed by atoms with E-state index in [0.717, 1.165) is 6.26 Å². The Balaban J connectivity index is 2.50. The first kappa shape index (κ1) is 12.8. The molecule has 0 unspecified atom stereocenters. The summed E-state index contributed by atoms with van der Waals surface area (Å²) in [5, 5.41) is 4.82. The summed E-state index contributed by atoms with van der Waals surface area (Å²) in [5.41, 5.74) is 0. The smallest absolute Gasteiger partial charge is 0.216 e. The minimum atomic E-state index is -3.69. The summed E-state index contributed by atoms with van der Waals surface area (Å²) in [5.74, 6) is 0. The van der Waals surface area contributed by atoms with Gasteiger partial charge in [0.15, 0.2) is 0 Å². The topological polar surface area (TPSA) is 110 Å². The van der Waals surface area contributed by atoms with Crippen molar-refractivity contribution in [3.05, 3.63) is 0 Å². The monoisotopic (exact) mass is 257 g/mol. The first-order chi connectivity index (χ1) is 6.68. The Hall–Kier alpha value is -0.220. The molecular formula is C6H15N3O4S2. The minimum Gasteiger partial charge on any atom is -0.216 e. The van der Waals surface area contributed by atoms with Gasteiger partial charge in [-0.2, -0.15) is 13.1 Å². The molecule has 0 bridgehead atoms. The Morgan fingerprint density at radius 1 is 1.20 bits per heavy atom. The molecule has 0 radical (unpaired) electrons. The molecule has 0 amide bonds. The van der Waals surface area contributed by atoms with Crippen molar-refractivity contribution in [1.29, 1.82) is 0 Å². The number of hydrogen-bond donors (Lipinski definition) is 2. The van der Waals surface area contributed by atoms with Gasteiger partial charge in [-0.1, -0.05) is 0 Å². The van der Waals surface area contributed by atoms with E-state index in [9.17, 15) is 16.8 Å². The maximum absolute atomic E-state index is 11.1. The third-order valence-electron chi connectivity index (χ3n) is 2.25. The van der Waals surface area contributed by atoms with Crippen molar-refractivity contribution in [2.75, 3.05) is 19.3 Å². The summed E-state index contributed by atoms with van der Waals surface area (Å²) in [4.78, 5) is 0. The molecule has 1 fully saturated rings. The van der Waals surface area contributed by atoms with Crippen molar-refractivity contribution in [2.24, 2.45) is 5.14 Å². The number of piperidine rings is 1. The van der Waals surface area contributed by atoms with E-state index in [1.807, 2.05) is 0 Å². The SMILES string of the molecule is CS(=O)(=O)N1CCC(NS(N)(=O)=O)CC1. The van der Waals surface area contributed by atoms with E-state index >= 15 is 0 Å². The molecule has 90 valence electrons. The van der Waals surface area contributed by atoms with Gasteiger partial charge in [0.2, 0.25) is 10.0 Å². The molecule has 1 heterocycles. The van der Waals surface area contributed by atoms with Gasteiger partial charge in [0.05, 0.1) is 6.26 Å². The van der Waals surface area contributed by atoms with Crippen LogP contribution in [0.2, 0.25) is 0 Å². The van der Waals surface area contributed by atoms with Crippen LogP contribution in [0.1, 0.15) is 12.8 Å². The first-order valence-corrected chi connectivity index (χ1v) is 7.83. The lowest BCUT2D eigenvalue weighted by Gasteiger charge is -2.29. The molecule has 0 aliphatic carbocycles. The summed E-state index contributed by atoms with van der Waals surface area (Å²) in [6.45, 7) is 0.651. The number of nitrogens with one attached hydrogen (secondary N) is 1. The molecule has 0 aromatic rings. The van der Waals surface area contributed by atoms with Crippen LogP contribution in [0.5, 0.6) is 0 Å². The molecule has 0 spiro atoms. The summed E-state index contributed by atoms with van der Waals surface area (Å²) < 4.78 is 47.3. The van der Waals surface area contributed by atoms with Gasteiger partial charge < -0.3 is 0 Å². The van der Waals surface area contributed by atoms with Crippen molar-refractivity contribution < 1.29 is 16.8 Å². The highest BCUT2D eigenvalue weighted by Crippen LogP contribution is 2.13. The van der Waals surface area contributed by atoms with Crippen LogP contribution in [0.15, 0.2) is 0 Å². The average Bonchev–Trinajstić information content (AvgIpc) is 2.00. The summed E-state index contributed by atoms with van der Waals surface area (Å²) in [6.07, 6.45) is 2.04. The molecule has 15 heavy (non-hydrogen) atoms. The highest BCUT2D eigenvalue weighted by Gasteiger charge is 2.26. The lowest BCUT2D eigenvalue weighted by atomic mass is 10.1. The summed E-state index contributed by atoms with van der Waals surface area (Å²) >= 11 is 0. The zero-order valence-electron chi connectivity index (χ0n) is 8.38. The maximum Gasteiger partial charge on any atom is 0.274 e. The second kappa shape index (κ2) is 4.34. The van der Waals surface area contributed by atoms with Crippen LogP contribution in [-0.2, 0) is 20.2 Å². The van der Waals surface area contributed by atoms with Crippen molar-refractivity contribution in [3.8, 4) is 0 Å². The maximum atomic E-state index is 11.1. The van der Waals surface area contributed by atoms with Crippen molar-refractivity contribution >= 4 is 20.2 Å².